The van der Waals surface area contributed by atoms with E-state index < -0.39 is 8.32 Å². The van der Waals surface area contributed by atoms with Gasteiger partial charge < -0.3 is 4.43 Å². The summed E-state index contributed by atoms with van der Waals surface area (Å²) in [5.41, 5.74) is 0. The van der Waals surface area contributed by atoms with E-state index >= 15 is 0 Å². The summed E-state index contributed by atoms with van der Waals surface area (Å²) in [4.78, 5) is 12.4. The minimum Gasteiger partial charge on any atom is -0.407 e. The Bertz CT molecular complexity index is 316. The van der Waals surface area contributed by atoms with Crippen LogP contribution in [0, 0.1) is 0 Å². The quantitative estimate of drug-likeness (QED) is 0.270. The highest BCUT2D eigenvalue weighted by atomic mass is 28.4. The normalized spacial score (nSPS) is 14.0. The first-order valence-corrected chi connectivity index (χ1v) is 11.4. The Kier molecular flexibility index (Phi) is 9.38. The van der Waals surface area contributed by atoms with Crippen molar-refractivity contribution in [3.05, 3.63) is 12.7 Å². The van der Waals surface area contributed by atoms with Gasteiger partial charge in [0.2, 0.25) is 0 Å². The number of hydrogen-bond donors (Lipinski definition) is 0. The van der Waals surface area contributed by atoms with E-state index in [0.717, 1.165) is 19.3 Å². The molecule has 124 valence electrons. The maximum Gasteiger partial charge on any atom is 0.193 e. The van der Waals surface area contributed by atoms with E-state index in [9.17, 15) is 4.79 Å². The number of carbonyl (C=O) groups excluding carboxylic acids is 1. The van der Waals surface area contributed by atoms with Crippen molar-refractivity contribution in [2.24, 2.45) is 0 Å². The molecule has 1 unspecified atom stereocenters. The molecule has 2 nitrogen and oxygen atoms in total. The van der Waals surface area contributed by atoms with Gasteiger partial charge in [0.25, 0.3) is 0 Å². The van der Waals surface area contributed by atoms with Crippen LogP contribution >= 0.6 is 0 Å². The van der Waals surface area contributed by atoms with E-state index in [2.05, 4.69) is 47.4 Å². The molecule has 0 aliphatic carbocycles. The van der Waals surface area contributed by atoms with Crippen molar-refractivity contribution in [2.45, 2.75) is 96.9 Å². The highest BCUT2D eigenvalue weighted by molar-refractivity contribution is 6.74. The fourth-order valence-corrected chi connectivity index (χ4v) is 3.29. The summed E-state index contributed by atoms with van der Waals surface area (Å²) in [6.45, 7) is 17.0. The van der Waals surface area contributed by atoms with Crippen LogP contribution in [0.3, 0.4) is 0 Å². The number of rotatable bonds is 11. The van der Waals surface area contributed by atoms with Gasteiger partial charge in [0.15, 0.2) is 14.1 Å². The summed E-state index contributed by atoms with van der Waals surface area (Å²) in [5.74, 6) is 0.260. The Morgan fingerprint density at radius 2 is 1.86 bits per heavy atom. The van der Waals surface area contributed by atoms with Crippen molar-refractivity contribution in [2.75, 3.05) is 0 Å². The average molecular weight is 313 g/mol. The molecule has 0 radical (unpaired) electrons. The minimum atomic E-state index is -1.89. The van der Waals surface area contributed by atoms with E-state index in [-0.39, 0.29) is 16.9 Å². The molecule has 0 aromatic heterocycles. The van der Waals surface area contributed by atoms with Gasteiger partial charge in [-0.3, -0.25) is 4.79 Å². The molecule has 21 heavy (non-hydrogen) atoms. The third-order valence-electron chi connectivity index (χ3n) is 4.52. The molecule has 0 bridgehead atoms. The molecule has 0 fully saturated rings. The minimum absolute atomic E-state index is 0.146. The monoisotopic (exact) mass is 312 g/mol. The smallest absolute Gasteiger partial charge is 0.193 e. The molecular weight excluding hydrogens is 276 g/mol. The number of allylic oxidation sites excluding steroid dienone is 1. The van der Waals surface area contributed by atoms with E-state index in [1.165, 1.54) is 19.3 Å². The summed E-state index contributed by atoms with van der Waals surface area (Å²) in [6, 6.07) is 0. The van der Waals surface area contributed by atoms with Crippen LogP contribution in [0.5, 0.6) is 0 Å². The Labute approximate surface area is 133 Å². The number of carbonyl (C=O) groups is 1. The first-order chi connectivity index (χ1) is 9.65. The van der Waals surface area contributed by atoms with Crippen molar-refractivity contribution >= 4 is 14.1 Å². The SMILES string of the molecule is C=CCCC(=O)C(CCCCCC)O[Si](C)(C)C(C)(C)C. The molecule has 0 aromatic rings. The molecule has 0 heterocycles. The predicted octanol–water partition coefficient (Wildman–Crippen LogP) is 5.88. The lowest BCUT2D eigenvalue weighted by molar-refractivity contribution is -0.126. The maximum absolute atomic E-state index is 12.4. The second-order valence-electron chi connectivity index (χ2n) is 7.51. The maximum atomic E-state index is 12.4. The Morgan fingerprint density at radius 1 is 1.24 bits per heavy atom. The van der Waals surface area contributed by atoms with E-state index in [1.807, 2.05) is 6.08 Å². The zero-order valence-corrected chi connectivity index (χ0v) is 16.1. The fourth-order valence-electron chi connectivity index (χ4n) is 1.98. The lowest BCUT2D eigenvalue weighted by Crippen LogP contribution is -2.46. The van der Waals surface area contributed by atoms with Crippen LogP contribution in [0.4, 0.5) is 0 Å². The molecular formula is C18H36O2Si. The van der Waals surface area contributed by atoms with Crippen LogP contribution in [-0.4, -0.2) is 20.2 Å². The highest BCUT2D eigenvalue weighted by Crippen LogP contribution is 2.38. The van der Waals surface area contributed by atoms with Crippen LogP contribution in [0.15, 0.2) is 12.7 Å². The first kappa shape index (κ1) is 20.6. The summed E-state index contributed by atoms with van der Waals surface area (Å²) >= 11 is 0. The van der Waals surface area contributed by atoms with Crippen LogP contribution in [0.25, 0.3) is 0 Å². The Hall–Kier alpha value is -0.413. The molecule has 0 N–H and O–H groups in total. The standard InChI is InChI=1S/C18H36O2Si/c1-8-10-12-13-15-17(16(19)14-11-9-2)20-21(6,7)18(3,4)5/h9,17H,2,8,10-15H2,1,3-7H3. The molecule has 0 amide bonds. The molecule has 0 spiro atoms. The molecule has 0 rings (SSSR count). The molecule has 3 heteroatoms. The number of hydrogen-bond acceptors (Lipinski definition) is 2. The predicted molar refractivity (Wildman–Crippen MR) is 95.3 cm³/mol. The highest BCUT2D eigenvalue weighted by Gasteiger charge is 2.40. The second kappa shape index (κ2) is 9.57. The van der Waals surface area contributed by atoms with Gasteiger partial charge in [-0.15, -0.1) is 6.58 Å². The Balaban J connectivity index is 4.71. The molecule has 0 saturated carbocycles. The third-order valence-corrected chi connectivity index (χ3v) is 9.00. The van der Waals surface area contributed by atoms with Crippen LogP contribution in [0.1, 0.15) is 72.6 Å². The zero-order chi connectivity index (χ0) is 16.5. The van der Waals surface area contributed by atoms with Gasteiger partial charge in [0.05, 0.1) is 0 Å². The molecule has 0 saturated heterocycles. The lowest BCUT2D eigenvalue weighted by atomic mass is 10.0. The summed E-state index contributed by atoms with van der Waals surface area (Å²) < 4.78 is 6.40. The van der Waals surface area contributed by atoms with Crippen molar-refractivity contribution in [1.29, 1.82) is 0 Å². The summed E-state index contributed by atoms with van der Waals surface area (Å²) in [7, 11) is -1.89. The average Bonchev–Trinajstić information content (AvgIpc) is 2.38. The summed E-state index contributed by atoms with van der Waals surface area (Å²) in [6.07, 6.45) is 8.56. The van der Waals surface area contributed by atoms with E-state index in [1.54, 1.807) is 0 Å². The molecule has 0 aliphatic heterocycles. The second-order valence-corrected chi connectivity index (χ2v) is 12.3. The lowest BCUT2D eigenvalue weighted by Gasteiger charge is -2.39. The molecule has 1 atom stereocenters. The van der Waals surface area contributed by atoms with Crippen LogP contribution in [0.2, 0.25) is 18.1 Å². The van der Waals surface area contributed by atoms with Crippen molar-refractivity contribution in [3.8, 4) is 0 Å². The van der Waals surface area contributed by atoms with Gasteiger partial charge in [0.1, 0.15) is 6.10 Å². The third kappa shape index (κ3) is 7.96. The number of ketones is 1. The van der Waals surface area contributed by atoms with E-state index in [0.29, 0.717) is 6.42 Å². The number of Topliss-reactive ketones (excluding diaryl/α,β-unsaturated/α-hetero) is 1. The van der Waals surface area contributed by atoms with Gasteiger partial charge >= 0.3 is 0 Å². The van der Waals surface area contributed by atoms with Gasteiger partial charge in [-0.25, -0.2) is 0 Å². The van der Waals surface area contributed by atoms with Crippen LogP contribution in [-0.2, 0) is 9.22 Å². The van der Waals surface area contributed by atoms with Crippen molar-refractivity contribution in [1.82, 2.24) is 0 Å². The first-order valence-electron chi connectivity index (χ1n) is 8.47. The summed E-state index contributed by atoms with van der Waals surface area (Å²) in [5, 5.41) is 0.146. The fraction of sp³-hybridized carbons (Fsp3) is 0.833. The van der Waals surface area contributed by atoms with Crippen LogP contribution < -0.4 is 0 Å². The van der Waals surface area contributed by atoms with Gasteiger partial charge in [-0.1, -0.05) is 59.5 Å². The van der Waals surface area contributed by atoms with Gasteiger partial charge in [0, 0.05) is 6.42 Å². The molecule has 0 aliphatic rings. The van der Waals surface area contributed by atoms with Gasteiger partial charge in [-0.05, 0) is 31.0 Å². The topological polar surface area (TPSA) is 26.3 Å². The Morgan fingerprint density at radius 3 is 2.33 bits per heavy atom. The largest absolute Gasteiger partial charge is 0.407 e. The molecule has 0 aromatic carbocycles. The zero-order valence-electron chi connectivity index (χ0n) is 15.1. The van der Waals surface area contributed by atoms with Gasteiger partial charge in [-0.2, -0.15) is 0 Å². The number of unbranched alkanes of at least 4 members (excludes halogenated alkanes) is 3. The van der Waals surface area contributed by atoms with Crippen molar-refractivity contribution in [3.63, 3.8) is 0 Å². The van der Waals surface area contributed by atoms with E-state index in [4.69, 9.17) is 4.43 Å². The van der Waals surface area contributed by atoms with Crippen molar-refractivity contribution < 1.29 is 9.22 Å².